The molecule has 0 bridgehead atoms. The average molecular weight is 200 g/mol. The predicted molar refractivity (Wildman–Crippen MR) is 56.4 cm³/mol. The van der Waals surface area contributed by atoms with Gasteiger partial charge in [-0.1, -0.05) is 12.1 Å². The van der Waals surface area contributed by atoms with Crippen LogP contribution in [0.4, 0.5) is 0 Å². The van der Waals surface area contributed by atoms with Crippen molar-refractivity contribution in [2.75, 3.05) is 0 Å². The zero-order valence-corrected chi connectivity index (χ0v) is 7.81. The molecule has 4 nitrogen and oxygen atoms in total. The van der Waals surface area contributed by atoms with E-state index in [0.717, 1.165) is 16.7 Å². The number of nitrogens with two attached hydrogens (primary N) is 1. The molecule has 2 aromatic rings. The molecule has 1 amide bonds. The van der Waals surface area contributed by atoms with Crippen LogP contribution in [0.3, 0.4) is 0 Å². The van der Waals surface area contributed by atoms with Crippen LogP contribution in [0.5, 0.6) is 5.75 Å². The fourth-order valence-corrected chi connectivity index (χ4v) is 1.86. The maximum Gasteiger partial charge on any atom is 0.265 e. The zero-order chi connectivity index (χ0) is 10.4. The molecule has 1 aliphatic heterocycles. The fraction of sp³-hybridized carbons (Fsp3) is 0. The van der Waals surface area contributed by atoms with Gasteiger partial charge in [-0.25, -0.2) is 0 Å². The topological polar surface area (TPSA) is 57.2 Å². The summed E-state index contributed by atoms with van der Waals surface area (Å²) in [5.74, 6) is 0.297. The van der Waals surface area contributed by atoms with Crippen LogP contribution >= 0.6 is 0 Å². The van der Waals surface area contributed by atoms with Crippen molar-refractivity contribution in [3.8, 4) is 5.75 Å². The summed E-state index contributed by atoms with van der Waals surface area (Å²) in [7, 11) is 0. The molecule has 0 spiro atoms. The lowest BCUT2D eigenvalue weighted by atomic mass is 10.2. The van der Waals surface area contributed by atoms with Gasteiger partial charge < -0.3 is 15.0 Å². The third-order valence-corrected chi connectivity index (χ3v) is 2.48. The minimum absolute atomic E-state index is 0.441. The Balaban J connectivity index is 2.48. The SMILES string of the molecule is NC(=O)c1cc2cccc3c2n1C=CO3. The third kappa shape index (κ3) is 0.985. The standard InChI is InChI=1S/C11H8N2O2/c12-11(14)8-6-7-2-1-3-9-10(7)13(8)4-5-15-9/h1-6H,(H2,12,14). The molecular weight excluding hydrogens is 192 g/mol. The number of aromatic nitrogens is 1. The maximum atomic E-state index is 11.2. The van der Waals surface area contributed by atoms with Crippen molar-refractivity contribution < 1.29 is 9.53 Å². The largest absolute Gasteiger partial charge is 0.461 e. The minimum Gasteiger partial charge on any atom is -0.461 e. The highest BCUT2D eigenvalue weighted by Crippen LogP contribution is 2.31. The van der Waals surface area contributed by atoms with Gasteiger partial charge in [-0.3, -0.25) is 4.79 Å². The summed E-state index contributed by atoms with van der Waals surface area (Å²) >= 11 is 0. The second-order valence-corrected chi connectivity index (χ2v) is 3.36. The molecule has 0 aliphatic carbocycles. The van der Waals surface area contributed by atoms with E-state index in [-0.39, 0.29) is 0 Å². The van der Waals surface area contributed by atoms with Crippen LogP contribution in [0.15, 0.2) is 30.5 Å². The van der Waals surface area contributed by atoms with Crippen molar-refractivity contribution in [3.05, 3.63) is 36.2 Å². The van der Waals surface area contributed by atoms with Crippen molar-refractivity contribution in [2.45, 2.75) is 0 Å². The van der Waals surface area contributed by atoms with E-state index in [1.165, 1.54) is 6.26 Å². The molecule has 3 rings (SSSR count). The normalized spacial score (nSPS) is 12.8. The van der Waals surface area contributed by atoms with Crippen LogP contribution < -0.4 is 10.5 Å². The molecule has 1 aliphatic rings. The summed E-state index contributed by atoms with van der Waals surface area (Å²) in [6, 6.07) is 7.42. The molecule has 4 heteroatoms. The molecule has 0 radical (unpaired) electrons. The molecule has 15 heavy (non-hydrogen) atoms. The summed E-state index contributed by atoms with van der Waals surface area (Å²) < 4.78 is 7.08. The molecule has 2 heterocycles. The van der Waals surface area contributed by atoms with Gasteiger partial charge >= 0.3 is 0 Å². The van der Waals surface area contributed by atoms with E-state index in [0.29, 0.717) is 5.69 Å². The van der Waals surface area contributed by atoms with Crippen molar-refractivity contribution in [1.29, 1.82) is 0 Å². The van der Waals surface area contributed by atoms with Crippen LogP contribution in [0.1, 0.15) is 10.5 Å². The molecule has 1 aromatic carbocycles. The number of carbonyl (C=O) groups is 1. The summed E-state index contributed by atoms with van der Waals surface area (Å²) in [6.07, 6.45) is 3.23. The summed E-state index contributed by atoms with van der Waals surface area (Å²) in [4.78, 5) is 11.2. The van der Waals surface area contributed by atoms with Gasteiger partial charge in [0.2, 0.25) is 0 Å². The Labute approximate surface area is 85.5 Å². The lowest BCUT2D eigenvalue weighted by Crippen LogP contribution is -2.15. The number of ether oxygens (including phenoxy) is 1. The molecule has 1 aromatic heterocycles. The lowest BCUT2D eigenvalue weighted by molar-refractivity contribution is 0.0994. The minimum atomic E-state index is -0.441. The average Bonchev–Trinajstić information content (AvgIpc) is 2.61. The summed E-state index contributed by atoms with van der Waals surface area (Å²) in [6.45, 7) is 0. The molecule has 0 saturated heterocycles. The Kier molecular flexibility index (Phi) is 1.42. The third-order valence-electron chi connectivity index (χ3n) is 2.48. The van der Waals surface area contributed by atoms with Crippen molar-refractivity contribution in [2.24, 2.45) is 5.73 Å². The number of hydrogen-bond acceptors (Lipinski definition) is 2. The number of carbonyl (C=O) groups excluding carboxylic acids is 1. The van der Waals surface area contributed by atoms with Crippen LogP contribution in [0, 0.1) is 0 Å². The molecule has 0 saturated carbocycles. The van der Waals surface area contributed by atoms with Gasteiger partial charge in [0.05, 0.1) is 5.52 Å². The van der Waals surface area contributed by atoms with Gasteiger partial charge in [0, 0.05) is 11.6 Å². The second-order valence-electron chi connectivity index (χ2n) is 3.36. The molecule has 0 fully saturated rings. The predicted octanol–water partition coefficient (Wildman–Crippen LogP) is 1.56. The Hall–Kier alpha value is -2.23. The van der Waals surface area contributed by atoms with Gasteiger partial charge in [0.15, 0.2) is 5.75 Å². The Bertz CT molecular complexity index is 596. The molecule has 74 valence electrons. The molecule has 0 unspecified atom stereocenters. The van der Waals surface area contributed by atoms with Gasteiger partial charge in [-0.2, -0.15) is 0 Å². The van der Waals surface area contributed by atoms with E-state index in [1.54, 1.807) is 16.8 Å². The Morgan fingerprint density at radius 3 is 3.07 bits per heavy atom. The highest BCUT2D eigenvalue weighted by molar-refractivity contribution is 6.01. The van der Waals surface area contributed by atoms with Crippen molar-refractivity contribution in [1.82, 2.24) is 4.57 Å². The fourth-order valence-electron chi connectivity index (χ4n) is 1.86. The van der Waals surface area contributed by atoms with Crippen LogP contribution in [0.2, 0.25) is 0 Å². The van der Waals surface area contributed by atoms with Crippen molar-refractivity contribution >= 4 is 23.0 Å². The van der Waals surface area contributed by atoms with E-state index >= 15 is 0 Å². The van der Waals surface area contributed by atoms with Gasteiger partial charge in [-0.05, 0) is 12.1 Å². The van der Waals surface area contributed by atoms with E-state index in [1.807, 2.05) is 18.2 Å². The van der Waals surface area contributed by atoms with Gasteiger partial charge in [0.1, 0.15) is 12.0 Å². The van der Waals surface area contributed by atoms with E-state index in [2.05, 4.69) is 0 Å². The van der Waals surface area contributed by atoms with E-state index < -0.39 is 5.91 Å². The van der Waals surface area contributed by atoms with Gasteiger partial charge in [-0.15, -0.1) is 0 Å². The first-order valence-electron chi connectivity index (χ1n) is 4.54. The first-order chi connectivity index (χ1) is 7.27. The first kappa shape index (κ1) is 8.11. The zero-order valence-electron chi connectivity index (χ0n) is 7.81. The molecule has 0 atom stereocenters. The summed E-state index contributed by atoms with van der Waals surface area (Å²) in [5.41, 5.74) is 6.65. The number of para-hydroxylation sites is 1. The quantitative estimate of drug-likeness (QED) is 0.759. The lowest BCUT2D eigenvalue weighted by Gasteiger charge is -2.11. The highest BCUT2D eigenvalue weighted by Gasteiger charge is 2.16. The van der Waals surface area contributed by atoms with Crippen LogP contribution in [0.25, 0.3) is 17.1 Å². The summed E-state index contributed by atoms with van der Waals surface area (Å²) in [5, 5.41) is 0.950. The number of rotatable bonds is 1. The number of hydrogen-bond donors (Lipinski definition) is 1. The van der Waals surface area contributed by atoms with E-state index in [4.69, 9.17) is 10.5 Å². The molecular formula is C11H8N2O2. The first-order valence-corrected chi connectivity index (χ1v) is 4.54. The number of primary amides is 1. The number of amides is 1. The number of benzene rings is 1. The van der Waals surface area contributed by atoms with Crippen molar-refractivity contribution in [3.63, 3.8) is 0 Å². The molecule has 2 N–H and O–H groups in total. The highest BCUT2D eigenvalue weighted by atomic mass is 16.5. The number of nitrogens with zero attached hydrogens (tertiary/aromatic N) is 1. The Morgan fingerprint density at radius 1 is 1.40 bits per heavy atom. The monoisotopic (exact) mass is 200 g/mol. The van der Waals surface area contributed by atoms with Crippen LogP contribution in [-0.4, -0.2) is 10.5 Å². The van der Waals surface area contributed by atoms with Crippen LogP contribution in [-0.2, 0) is 0 Å². The maximum absolute atomic E-state index is 11.2. The second kappa shape index (κ2) is 2.63. The van der Waals surface area contributed by atoms with Gasteiger partial charge in [0.25, 0.3) is 5.91 Å². The van der Waals surface area contributed by atoms with E-state index in [9.17, 15) is 4.79 Å². The Morgan fingerprint density at radius 2 is 2.27 bits per heavy atom. The smallest absolute Gasteiger partial charge is 0.265 e.